The number of rotatable bonds is 3. The van der Waals surface area contributed by atoms with E-state index in [9.17, 15) is 4.79 Å². The van der Waals surface area contributed by atoms with E-state index in [1.54, 1.807) is 0 Å². The van der Waals surface area contributed by atoms with E-state index in [0.29, 0.717) is 25.8 Å². The van der Waals surface area contributed by atoms with Crippen molar-refractivity contribution in [3.05, 3.63) is 23.7 Å². The fourth-order valence-corrected chi connectivity index (χ4v) is 3.46. The fraction of sp³-hybridized carbons (Fsp3) is 0.706. The SMILES string of the molecule is CCc1ccc(C2COCCN2C(=O)[C@H]2CCN[C@@H](C)C2)o1. The molecule has 0 bridgehead atoms. The molecule has 2 fully saturated rings. The maximum atomic E-state index is 13.0. The second kappa shape index (κ2) is 6.84. The van der Waals surface area contributed by atoms with Crippen LogP contribution in [0.15, 0.2) is 16.5 Å². The van der Waals surface area contributed by atoms with Crippen LogP contribution < -0.4 is 5.32 Å². The molecule has 0 saturated carbocycles. The molecule has 1 amide bonds. The van der Waals surface area contributed by atoms with E-state index in [2.05, 4.69) is 19.2 Å². The number of piperidine rings is 1. The summed E-state index contributed by atoms with van der Waals surface area (Å²) in [6.45, 7) is 6.94. The van der Waals surface area contributed by atoms with E-state index < -0.39 is 0 Å². The predicted molar refractivity (Wildman–Crippen MR) is 83.5 cm³/mol. The topological polar surface area (TPSA) is 54.7 Å². The zero-order valence-electron chi connectivity index (χ0n) is 13.5. The van der Waals surface area contributed by atoms with Crippen LogP contribution in [0.1, 0.15) is 44.3 Å². The van der Waals surface area contributed by atoms with Gasteiger partial charge in [0.05, 0.1) is 13.2 Å². The number of amides is 1. The number of furan rings is 1. The highest BCUT2D eigenvalue weighted by molar-refractivity contribution is 5.79. The molecule has 2 saturated heterocycles. The largest absolute Gasteiger partial charge is 0.464 e. The Morgan fingerprint density at radius 1 is 1.45 bits per heavy atom. The first-order valence-corrected chi connectivity index (χ1v) is 8.39. The Balaban J connectivity index is 1.75. The summed E-state index contributed by atoms with van der Waals surface area (Å²) < 4.78 is 11.5. The van der Waals surface area contributed by atoms with E-state index in [1.165, 1.54) is 0 Å². The number of ether oxygens (including phenoxy) is 1. The molecule has 2 aliphatic heterocycles. The lowest BCUT2D eigenvalue weighted by Crippen LogP contribution is -2.49. The van der Waals surface area contributed by atoms with Gasteiger partial charge in [0.1, 0.15) is 17.6 Å². The summed E-state index contributed by atoms with van der Waals surface area (Å²) in [4.78, 5) is 14.9. The fourth-order valence-electron chi connectivity index (χ4n) is 3.46. The first-order chi connectivity index (χ1) is 10.7. The number of aryl methyl sites for hydroxylation is 1. The highest BCUT2D eigenvalue weighted by Crippen LogP contribution is 2.29. The molecular weight excluding hydrogens is 280 g/mol. The Hall–Kier alpha value is -1.33. The van der Waals surface area contributed by atoms with Gasteiger partial charge in [-0.2, -0.15) is 0 Å². The van der Waals surface area contributed by atoms with Crippen molar-refractivity contribution in [3.8, 4) is 0 Å². The van der Waals surface area contributed by atoms with E-state index in [-0.39, 0.29) is 17.9 Å². The molecule has 3 rings (SSSR count). The average Bonchev–Trinajstić information content (AvgIpc) is 3.03. The molecule has 3 heterocycles. The molecule has 2 aliphatic rings. The van der Waals surface area contributed by atoms with Crippen LogP contribution in [-0.2, 0) is 16.0 Å². The molecule has 122 valence electrons. The van der Waals surface area contributed by atoms with Crippen LogP contribution in [0.2, 0.25) is 0 Å². The summed E-state index contributed by atoms with van der Waals surface area (Å²) in [7, 11) is 0. The van der Waals surface area contributed by atoms with Gasteiger partial charge in [-0.05, 0) is 38.4 Å². The van der Waals surface area contributed by atoms with Gasteiger partial charge >= 0.3 is 0 Å². The number of nitrogens with zero attached hydrogens (tertiary/aromatic N) is 1. The zero-order chi connectivity index (χ0) is 15.5. The van der Waals surface area contributed by atoms with Gasteiger partial charge in [-0.3, -0.25) is 4.79 Å². The lowest BCUT2D eigenvalue weighted by atomic mass is 9.91. The maximum Gasteiger partial charge on any atom is 0.226 e. The Morgan fingerprint density at radius 2 is 2.32 bits per heavy atom. The van der Waals surface area contributed by atoms with Crippen molar-refractivity contribution < 1.29 is 13.9 Å². The monoisotopic (exact) mass is 306 g/mol. The quantitative estimate of drug-likeness (QED) is 0.929. The lowest BCUT2D eigenvalue weighted by molar-refractivity contribution is -0.146. The van der Waals surface area contributed by atoms with E-state index in [4.69, 9.17) is 9.15 Å². The number of morpholine rings is 1. The van der Waals surface area contributed by atoms with Crippen LogP contribution >= 0.6 is 0 Å². The molecule has 0 spiro atoms. The number of hydrogen-bond acceptors (Lipinski definition) is 4. The van der Waals surface area contributed by atoms with Crippen molar-refractivity contribution in [1.29, 1.82) is 0 Å². The summed E-state index contributed by atoms with van der Waals surface area (Å²) in [6.07, 6.45) is 2.71. The van der Waals surface area contributed by atoms with Gasteiger partial charge < -0.3 is 19.4 Å². The van der Waals surface area contributed by atoms with Crippen LogP contribution in [0.5, 0.6) is 0 Å². The molecule has 1 aromatic heterocycles. The van der Waals surface area contributed by atoms with Crippen LogP contribution in [0.3, 0.4) is 0 Å². The molecule has 22 heavy (non-hydrogen) atoms. The molecule has 0 aromatic carbocycles. The third kappa shape index (κ3) is 3.20. The summed E-state index contributed by atoms with van der Waals surface area (Å²) >= 11 is 0. The van der Waals surface area contributed by atoms with Gasteiger partial charge in [-0.1, -0.05) is 6.92 Å². The van der Waals surface area contributed by atoms with Crippen molar-refractivity contribution in [2.24, 2.45) is 5.92 Å². The van der Waals surface area contributed by atoms with Gasteiger partial charge in [0.25, 0.3) is 0 Å². The molecule has 0 aliphatic carbocycles. The molecular formula is C17H26N2O3. The summed E-state index contributed by atoms with van der Waals surface area (Å²) in [5, 5.41) is 3.41. The van der Waals surface area contributed by atoms with Crippen molar-refractivity contribution in [1.82, 2.24) is 10.2 Å². The average molecular weight is 306 g/mol. The number of carbonyl (C=O) groups is 1. The Labute approximate surface area is 132 Å². The highest BCUT2D eigenvalue weighted by Gasteiger charge is 2.35. The Morgan fingerprint density at radius 3 is 3.05 bits per heavy atom. The van der Waals surface area contributed by atoms with Crippen LogP contribution in [0, 0.1) is 5.92 Å². The lowest BCUT2D eigenvalue weighted by Gasteiger charge is -2.38. The second-order valence-corrected chi connectivity index (χ2v) is 6.36. The maximum absolute atomic E-state index is 13.0. The highest BCUT2D eigenvalue weighted by atomic mass is 16.5. The summed E-state index contributed by atoms with van der Waals surface area (Å²) in [6, 6.07) is 4.33. The smallest absolute Gasteiger partial charge is 0.226 e. The molecule has 1 N–H and O–H groups in total. The minimum atomic E-state index is -0.0771. The molecule has 3 atom stereocenters. The predicted octanol–water partition coefficient (Wildman–Crippen LogP) is 2.13. The van der Waals surface area contributed by atoms with Gasteiger partial charge in [-0.15, -0.1) is 0 Å². The van der Waals surface area contributed by atoms with Gasteiger partial charge in [0.15, 0.2) is 0 Å². The van der Waals surface area contributed by atoms with Gasteiger partial charge in [0.2, 0.25) is 5.91 Å². The summed E-state index contributed by atoms with van der Waals surface area (Å²) in [5.74, 6) is 2.20. The van der Waals surface area contributed by atoms with Crippen LogP contribution in [0.25, 0.3) is 0 Å². The van der Waals surface area contributed by atoms with Gasteiger partial charge in [0, 0.05) is 24.9 Å². The van der Waals surface area contributed by atoms with Crippen LogP contribution in [-0.4, -0.2) is 43.2 Å². The van der Waals surface area contributed by atoms with Crippen molar-refractivity contribution in [2.75, 3.05) is 26.3 Å². The first kappa shape index (κ1) is 15.6. The van der Waals surface area contributed by atoms with E-state index in [1.807, 2.05) is 17.0 Å². The normalized spacial score (nSPS) is 29.5. The first-order valence-electron chi connectivity index (χ1n) is 8.39. The number of carbonyl (C=O) groups excluding carboxylic acids is 1. The second-order valence-electron chi connectivity index (χ2n) is 6.36. The number of hydrogen-bond donors (Lipinski definition) is 1. The van der Waals surface area contributed by atoms with Crippen LogP contribution in [0.4, 0.5) is 0 Å². The Bertz CT molecular complexity index is 514. The van der Waals surface area contributed by atoms with Crippen molar-refractivity contribution >= 4 is 5.91 Å². The molecule has 0 radical (unpaired) electrons. The Kier molecular flexibility index (Phi) is 4.84. The minimum absolute atomic E-state index is 0.0771. The molecule has 5 nitrogen and oxygen atoms in total. The third-order valence-corrected chi connectivity index (χ3v) is 4.74. The molecule has 5 heteroatoms. The molecule has 1 unspecified atom stereocenters. The van der Waals surface area contributed by atoms with Crippen molar-refractivity contribution in [3.63, 3.8) is 0 Å². The standard InChI is InChI=1S/C17H26N2O3/c1-3-14-4-5-16(22-14)15-11-21-9-8-19(15)17(20)13-6-7-18-12(2)10-13/h4-5,12-13,15,18H,3,6-11H2,1-2H3/t12-,13-,15?/m0/s1. The van der Waals surface area contributed by atoms with Gasteiger partial charge in [-0.25, -0.2) is 0 Å². The van der Waals surface area contributed by atoms with E-state index >= 15 is 0 Å². The zero-order valence-corrected chi connectivity index (χ0v) is 13.5. The third-order valence-electron chi connectivity index (χ3n) is 4.74. The van der Waals surface area contributed by atoms with E-state index in [0.717, 1.165) is 37.3 Å². The number of nitrogens with one attached hydrogen (secondary N) is 1. The minimum Gasteiger partial charge on any atom is -0.464 e. The van der Waals surface area contributed by atoms with Crippen molar-refractivity contribution in [2.45, 2.75) is 45.2 Å². The summed E-state index contributed by atoms with van der Waals surface area (Å²) in [5.41, 5.74) is 0. The molecule has 1 aromatic rings.